The van der Waals surface area contributed by atoms with Crippen LogP contribution in [0.5, 0.6) is 5.75 Å². The molecule has 0 fully saturated rings. The number of ether oxygens (including phenoxy) is 1. The molecule has 0 aliphatic heterocycles. The highest BCUT2D eigenvalue weighted by atomic mass is 16.5. The molecule has 0 aromatic heterocycles. The van der Waals surface area contributed by atoms with Crippen LogP contribution in [0.2, 0.25) is 0 Å². The SMILES string of the molecule is CCOc1ccc(CN[C@H](C)C(=O)O)cc1. The number of carbonyl (C=O) groups is 1. The van der Waals surface area contributed by atoms with E-state index in [2.05, 4.69) is 5.32 Å². The van der Waals surface area contributed by atoms with Crippen molar-refractivity contribution in [1.29, 1.82) is 0 Å². The minimum atomic E-state index is -0.842. The molecule has 0 saturated carbocycles. The predicted molar refractivity (Wildman–Crippen MR) is 61.5 cm³/mol. The number of aliphatic carboxylic acids is 1. The molecule has 0 bridgehead atoms. The quantitative estimate of drug-likeness (QED) is 0.769. The Hall–Kier alpha value is -1.55. The maximum atomic E-state index is 10.6. The maximum Gasteiger partial charge on any atom is 0.320 e. The normalized spacial score (nSPS) is 12.1. The fraction of sp³-hybridized carbons (Fsp3) is 0.417. The maximum absolute atomic E-state index is 10.6. The lowest BCUT2D eigenvalue weighted by Crippen LogP contribution is -2.33. The molecule has 2 N–H and O–H groups in total. The molecule has 4 nitrogen and oxygen atoms in total. The van der Waals surface area contributed by atoms with Crippen LogP contribution in [0.3, 0.4) is 0 Å². The molecule has 16 heavy (non-hydrogen) atoms. The Bertz CT molecular complexity index is 335. The standard InChI is InChI=1S/C12H17NO3/c1-3-16-11-6-4-10(5-7-11)8-13-9(2)12(14)15/h4-7,9,13H,3,8H2,1-2H3,(H,14,15)/t9-/m1/s1. The third-order valence-corrected chi connectivity index (χ3v) is 2.22. The molecular weight excluding hydrogens is 206 g/mol. The average molecular weight is 223 g/mol. The van der Waals surface area contributed by atoms with Gasteiger partial charge in [-0.1, -0.05) is 12.1 Å². The van der Waals surface area contributed by atoms with Crippen molar-refractivity contribution in [2.45, 2.75) is 26.4 Å². The van der Waals surface area contributed by atoms with Gasteiger partial charge in [0.15, 0.2) is 0 Å². The molecule has 1 aromatic rings. The Labute approximate surface area is 95.2 Å². The minimum absolute atomic E-state index is 0.536. The van der Waals surface area contributed by atoms with Gasteiger partial charge in [0.2, 0.25) is 0 Å². The minimum Gasteiger partial charge on any atom is -0.494 e. The van der Waals surface area contributed by atoms with Crippen LogP contribution in [0.15, 0.2) is 24.3 Å². The van der Waals surface area contributed by atoms with Gasteiger partial charge in [-0.3, -0.25) is 4.79 Å². The van der Waals surface area contributed by atoms with Gasteiger partial charge in [-0.15, -0.1) is 0 Å². The van der Waals surface area contributed by atoms with Crippen molar-refractivity contribution in [3.63, 3.8) is 0 Å². The largest absolute Gasteiger partial charge is 0.494 e. The van der Waals surface area contributed by atoms with Gasteiger partial charge in [-0.25, -0.2) is 0 Å². The van der Waals surface area contributed by atoms with Crippen LogP contribution >= 0.6 is 0 Å². The summed E-state index contributed by atoms with van der Waals surface area (Å²) in [6.07, 6.45) is 0. The summed E-state index contributed by atoms with van der Waals surface area (Å²) in [5.41, 5.74) is 1.04. The number of hydrogen-bond acceptors (Lipinski definition) is 3. The first kappa shape index (κ1) is 12.5. The zero-order chi connectivity index (χ0) is 12.0. The molecule has 0 amide bonds. The fourth-order valence-corrected chi connectivity index (χ4v) is 1.23. The highest BCUT2D eigenvalue weighted by molar-refractivity contribution is 5.72. The molecule has 1 rings (SSSR count). The summed E-state index contributed by atoms with van der Waals surface area (Å²) >= 11 is 0. The number of benzene rings is 1. The van der Waals surface area contributed by atoms with E-state index >= 15 is 0 Å². The summed E-state index contributed by atoms with van der Waals surface area (Å²) < 4.78 is 5.31. The van der Waals surface area contributed by atoms with Crippen molar-refractivity contribution in [3.8, 4) is 5.75 Å². The van der Waals surface area contributed by atoms with Crippen LogP contribution in [-0.4, -0.2) is 23.7 Å². The first-order valence-electron chi connectivity index (χ1n) is 5.31. The first-order chi connectivity index (χ1) is 7.63. The molecule has 0 spiro atoms. The van der Waals surface area contributed by atoms with Crippen LogP contribution in [0, 0.1) is 0 Å². The molecule has 0 heterocycles. The third-order valence-electron chi connectivity index (χ3n) is 2.22. The second kappa shape index (κ2) is 6.12. The van der Waals surface area contributed by atoms with E-state index in [1.54, 1.807) is 6.92 Å². The smallest absolute Gasteiger partial charge is 0.320 e. The van der Waals surface area contributed by atoms with Gasteiger partial charge in [-0.2, -0.15) is 0 Å². The van der Waals surface area contributed by atoms with E-state index in [0.717, 1.165) is 11.3 Å². The highest BCUT2D eigenvalue weighted by Gasteiger charge is 2.08. The Morgan fingerprint density at radius 3 is 2.56 bits per heavy atom. The Morgan fingerprint density at radius 1 is 1.44 bits per heavy atom. The van der Waals surface area contributed by atoms with E-state index < -0.39 is 12.0 Å². The van der Waals surface area contributed by atoms with Crippen molar-refractivity contribution in [1.82, 2.24) is 5.32 Å². The van der Waals surface area contributed by atoms with E-state index in [4.69, 9.17) is 9.84 Å². The summed E-state index contributed by atoms with van der Waals surface area (Å²) in [4.78, 5) is 10.6. The zero-order valence-electron chi connectivity index (χ0n) is 9.56. The molecule has 0 aliphatic carbocycles. The lowest BCUT2D eigenvalue weighted by molar-refractivity contribution is -0.139. The van der Waals surface area contributed by atoms with E-state index in [0.29, 0.717) is 13.2 Å². The molecule has 0 unspecified atom stereocenters. The van der Waals surface area contributed by atoms with Gasteiger partial charge in [0.05, 0.1) is 6.61 Å². The fourth-order valence-electron chi connectivity index (χ4n) is 1.23. The van der Waals surface area contributed by atoms with Crippen molar-refractivity contribution in [3.05, 3.63) is 29.8 Å². The van der Waals surface area contributed by atoms with Crippen LogP contribution in [0.25, 0.3) is 0 Å². The lowest BCUT2D eigenvalue weighted by Gasteiger charge is -2.09. The molecule has 0 aliphatic rings. The van der Waals surface area contributed by atoms with Crippen molar-refractivity contribution < 1.29 is 14.6 Å². The van der Waals surface area contributed by atoms with E-state index in [1.807, 2.05) is 31.2 Å². The van der Waals surface area contributed by atoms with Crippen molar-refractivity contribution >= 4 is 5.97 Å². The molecule has 1 atom stereocenters. The van der Waals surface area contributed by atoms with Crippen LogP contribution in [-0.2, 0) is 11.3 Å². The van der Waals surface area contributed by atoms with Crippen molar-refractivity contribution in [2.75, 3.05) is 6.61 Å². The van der Waals surface area contributed by atoms with Gasteiger partial charge >= 0.3 is 5.97 Å². The predicted octanol–water partition coefficient (Wildman–Crippen LogP) is 1.65. The number of carboxylic acids is 1. The molecule has 4 heteroatoms. The number of nitrogens with one attached hydrogen (secondary N) is 1. The molecule has 0 radical (unpaired) electrons. The van der Waals surface area contributed by atoms with E-state index in [9.17, 15) is 4.79 Å². The second-order valence-corrected chi connectivity index (χ2v) is 3.52. The summed E-state index contributed by atoms with van der Waals surface area (Å²) in [7, 11) is 0. The van der Waals surface area contributed by atoms with Gasteiger partial charge in [0.25, 0.3) is 0 Å². The molecule has 1 aromatic carbocycles. The second-order valence-electron chi connectivity index (χ2n) is 3.52. The van der Waals surface area contributed by atoms with Crippen LogP contribution in [0.1, 0.15) is 19.4 Å². The van der Waals surface area contributed by atoms with Gasteiger partial charge in [0.1, 0.15) is 11.8 Å². The van der Waals surface area contributed by atoms with Gasteiger partial charge in [-0.05, 0) is 31.5 Å². The average Bonchev–Trinajstić information content (AvgIpc) is 2.28. The summed E-state index contributed by atoms with van der Waals surface area (Å²) in [5.74, 6) is -0.0107. The molecule has 0 saturated heterocycles. The topological polar surface area (TPSA) is 58.6 Å². The highest BCUT2D eigenvalue weighted by Crippen LogP contribution is 2.11. The Kier molecular flexibility index (Phi) is 4.79. The lowest BCUT2D eigenvalue weighted by atomic mass is 10.2. The van der Waals surface area contributed by atoms with Gasteiger partial charge < -0.3 is 15.2 Å². The monoisotopic (exact) mass is 223 g/mol. The number of rotatable bonds is 6. The first-order valence-corrected chi connectivity index (χ1v) is 5.31. The number of carboxylic acid groups (broad SMARTS) is 1. The van der Waals surface area contributed by atoms with Crippen LogP contribution < -0.4 is 10.1 Å². The van der Waals surface area contributed by atoms with Crippen molar-refractivity contribution in [2.24, 2.45) is 0 Å². The van der Waals surface area contributed by atoms with Gasteiger partial charge in [0, 0.05) is 6.54 Å². The Balaban J connectivity index is 2.46. The van der Waals surface area contributed by atoms with Crippen LogP contribution in [0.4, 0.5) is 0 Å². The third kappa shape index (κ3) is 3.90. The Morgan fingerprint density at radius 2 is 2.06 bits per heavy atom. The zero-order valence-corrected chi connectivity index (χ0v) is 9.56. The molecular formula is C12H17NO3. The summed E-state index contributed by atoms with van der Waals surface area (Å²) in [6.45, 7) is 4.74. The van der Waals surface area contributed by atoms with E-state index in [1.165, 1.54) is 0 Å². The molecule has 88 valence electrons. The number of hydrogen-bond donors (Lipinski definition) is 2. The summed E-state index contributed by atoms with van der Waals surface area (Å²) in [6, 6.07) is 7.07. The van der Waals surface area contributed by atoms with E-state index in [-0.39, 0.29) is 0 Å². The summed E-state index contributed by atoms with van der Waals surface area (Å²) in [5, 5.41) is 11.6.